The number of nitrogens with zero attached hydrogens (tertiary/aromatic N) is 1. The number of hydrogen-bond donors (Lipinski definition) is 1. The molecule has 0 bridgehead atoms. The molecule has 1 aromatic heterocycles. The Kier molecular flexibility index (Phi) is 6.53. The van der Waals surface area contributed by atoms with E-state index in [1.807, 2.05) is 0 Å². The van der Waals surface area contributed by atoms with Gasteiger partial charge in [-0.15, -0.1) is 11.3 Å². The first-order valence-corrected chi connectivity index (χ1v) is 7.07. The van der Waals surface area contributed by atoms with E-state index in [9.17, 15) is 0 Å². The Morgan fingerprint density at radius 1 is 1.62 bits per heavy atom. The highest BCUT2D eigenvalue weighted by Crippen LogP contribution is 2.31. The minimum Gasteiger partial charge on any atom is -0.383 e. The standard InChI is InChI=1S/C11H19BrN2OS/c1-3-14(5-6-15-2)10(8-13)11-9(12)4-7-16-11/h4,7,10H,3,5-6,8,13H2,1-2H3. The van der Waals surface area contributed by atoms with Gasteiger partial charge >= 0.3 is 0 Å². The largest absolute Gasteiger partial charge is 0.383 e. The van der Waals surface area contributed by atoms with Crippen molar-refractivity contribution in [1.29, 1.82) is 0 Å². The van der Waals surface area contributed by atoms with Crippen molar-refractivity contribution in [3.63, 3.8) is 0 Å². The molecule has 16 heavy (non-hydrogen) atoms. The Morgan fingerprint density at radius 2 is 2.38 bits per heavy atom. The molecule has 1 unspecified atom stereocenters. The minimum atomic E-state index is 0.287. The molecule has 92 valence electrons. The number of hydrogen-bond acceptors (Lipinski definition) is 4. The zero-order valence-corrected chi connectivity index (χ0v) is 12.2. The van der Waals surface area contributed by atoms with E-state index in [4.69, 9.17) is 10.5 Å². The molecule has 1 atom stereocenters. The molecule has 0 spiro atoms. The molecule has 0 saturated heterocycles. The number of nitrogens with two attached hydrogens (primary N) is 1. The fourth-order valence-corrected chi connectivity index (χ4v) is 3.49. The van der Waals surface area contributed by atoms with Crippen LogP contribution in [0, 0.1) is 0 Å². The fraction of sp³-hybridized carbons (Fsp3) is 0.636. The van der Waals surface area contributed by atoms with Gasteiger partial charge in [0.2, 0.25) is 0 Å². The Bertz CT molecular complexity index is 306. The van der Waals surface area contributed by atoms with Gasteiger partial charge in [-0.3, -0.25) is 4.90 Å². The van der Waals surface area contributed by atoms with Gasteiger partial charge in [0.25, 0.3) is 0 Å². The van der Waals surface area contributed by atoms with Gasteiger partial charge in [0.05, 0.1) is 12.6 Å². The molecular formula is C11H19BrN2OS. The average Bonchev–Trinajstić information content (AvgIpc) is 2.71. The number of rotatable bonds is 7. The monoisotopic (exact) mass is 306 g/mol. The van der Waals surface area contributed by atoms with Gasteiger partial charge < -0.3 is 10.5 Å². The molecule has 0 amide bonds. The summed E-state index contributed by atoms with van der Waals surface area (Å²) in [5, 5.41) is 2.09. The van der Waals surface area contributed by atoms with Crippen LogP contribution in [0.1, 0.15) is 17.8 Å². The number of halogens is 1. The van der Waals surface area contributed by atoms with Crippen molar-refractivity contribution in [2.24, 2.45) is 5.73 Å². The second-order valence-electron chi connectivity index (χ2n) is 3.51. The second-order valence-corrected chi connectivity index (χ2v) is 5.31. The first-order valence-electron chi connectivity index (χ1n) is 5.40. The lowest BCUT2D eigenvalue weighted by Crippen LogP contribution is -2.35. The van der Waals surface area contributed by atoms with Crippen LogP contribution in [0.25, 0.3) is 0 Å². The number of likely N-dealkylation sites (N-methyl/N-ethyl adjacent to an activating group) is 1. The Morgan fingerprint density at radius 3 is 2.81 bits per heavy atom. The summed E-state index contributed by atoms with van der Waals surface area (Å²) in [5.74, 6) is 0. The van der Waals surface area contributed by atoms with Crippen molar-refractivity contribution in [3.05, 3.63) is 20.8 Å². The van der Waals surface area contributed by atoms with Crippen LogP contribution < -0.4 is 5.73 Å². The summed E-state index contributed by atoms with van der Waals surface area (Å²) >= 11 is 5.32. The Labute approximate surface area is 110 Å². The quantitative estimate of drug-likeness (QED) is 0.841. The zero-order chi connectivity index (χ0) is 12.0. The molecule has 5 heteroatoms. The molecule has 1 rings (SSSR count). The lowest BCUT2D eigenvalue weighted by molar-refractivity contribution is 0.126. The number of thiophene rings is 1. The van der Waals surface area contributed by atoms with Crippen molar-refractivity contribution >= 4 is 27.3 Å². The number of ether oxygens (including phenoxy) is 1. The van der Waals surface area contributed by atoms with Gasteiger partial charge in [-0.25, -0.2) is 0 Å². The van der Waals surface area contributed by atoms with Gasteiger partial charge in [0.15, 0.2) is 0 Å². The lowest BCUT2D eigenvalue weighted by atomic mass is 10.2. The Hall–Kier alpha value is 0.0600. The third-order valence-electron chi connectivity index (χ3n) is 2.60. The molecule has 1 aromatic rings. The van der Waals surface area contributed by atoms with Crippen LogP contribution in [0.3, 0.4) is 0 Å². The zero-order valence-electron chi connectivity index (χ0n) is 9.78. The molecule has 2 N–H and O–H groups in total. The van der Waals surface area contributed by atoms with Crippen LogP contribution >= 0.6 is 27.3 Å². The van der Waals surface area contributed by atoms with E-state index in [2.05, 4.69) is 39.2 Å². The summed E-state index contributed by atoms with van der Waals surface area (Å²) in [6, 6.07) is 2.36. The maximum atomic E-state index is 5.88. The normalized spacial score (nSPS) is 13.3. The minimum absolute atomic E-state index is 0.287. The smallest absolute Gasteiger partial charge is 0.0589 e. The van der Waals surface area contributed by atoms with Crippen molar-refractivity contribution in [2.75, 3.05) is 33.4 Å². The average molecular weight is 307 g/mol. The highest BCUT2D eigenvalue weighted by Gasteiger charge is 2.20. The van der Waals surface area contributed by atoms with Crippen molar-refractivity contribution < 1.29 is 4.74 Å². The van der Waals surface area contributed by atoms with Crippen LogP contribution in [0.5, 0.6) is 0 Å². The van der Waals surface area contributed by atoms with Crippen LogP contribution in [0.15, 0.2) is 15.9 Å². The summed E-state index contributed by atoms with van der Waals surface area (Å²) < 4.78 is 6.28. The molecular weight excluding hydrogens is 288 g/mol. The van der Waals surface area contributed by atoms with Crippen molar-refractivity contribution in [3.8, 4) is 0 Å². The number of methoxy groups -OCH3 is 1. The summed E-state index contributed by atoms with van der Waals surface area (Å²) in [5.41, 5.74) is 5.88. The van der Waals surface area contributed by atoms with E-state index in [1.165, 1.54) is 4.88 Å². The van der Waals surface area contributed by atoms with Gasteiger partial charge in [-0.2, -0.15) is 0 Å². The molecule has 0 aliphatic rings. The summed E-state index contributed by atoms with van der Waals surface area (Å²) in [4.78, 5) is 3.65. The first kappa shape index (κ1) is 14.1. The summed E-state index contributed by atoms with van der Waals surface area (Å²) in [6.45, 7) is 5.43. The summed E-state index contributed by atoms with van der Waals surface area (Å²) in [6.07, 6.45) is 0. The third kappa shape index (κ3) is 3.53. The van der Waals surface area contributed by atoms with Crippen LogP contribution in [-0.4, -0.2) is 38.3 Å². The molecule has 0 aromatic carbocycles. The predicted molar refractivity (Wildman–Crippen MR) is 72.9 cm³/mol. The first-order chi connectivity index (χ1) is 7.74. The molecule has 0 aliphatic heterocycles. The van der Waals surface area contributed by atoms with E-state index < -0.39 is 0 Å². The maximum absolute atomic E-state index is 5.88. The highest BCUT2D eigenvalue weighted by molar-refractivity contribution is 9.10. The maximum Gasteiger partial charge on any atom is 0.0589 e. The SMILES string of the molecule is CCN(CCOC)C(CN)c1sccc1Br. The van der Waals surface area contributed by atoms with Crippen LogP contribution in [0.2, 0.25) is 0 Å². The van der Waals surface area contributed by atoms with Crippen LogP contribution in [0.4, 0.5) is 0 Å². The fourth-order valence-electron chi connectivity index (χ4n) is 1.71. The van der Waals surface area contributed by atoms with Crippen molar-refractivity contribution in [2.45, 2.75) is 13.0 Å². The molecule has 0 saturated carbocycles. The lowest BCUT2D eigenvalue weighted by Gasteiger charge is -2.29. The molecule has 0 aliphatic carbocycles. The second kappa shape index (κ2) is 7.40. The molecule has 0 fully saturated rings. The van der Waals surface area contributed by atoms with Crippen molar-refractivity contribution in [1.82, 2.24) is 4.90 Å². The van der Waals surface area contributed by atoms with Gasteiger partial charge in [0.1, 0.15) is 0 Å². The van der Waals surface area contributed by atoms with Crippen LogP contribution in [-0.2, 0) is 4.74 Å². The predicted octanol–water partition coefficient (Wildman–Crippen LogP) is 2.48. The Balaban J connectivity index is 2.75. The summed E-state index contributed by atoms with van der Waals surface area (Å²) in [7, 11) is 1.73. The third-order valence-corrected chi connectivity index (χ3v) is 4.57. The van der Waals surface area contributed by atoms with Gasteiger partial charge in [0, 0.05) is 29.5 Å². The topological polar surface area (TPSA) is 38.5 Å². The molecule has 3 nitrogen and oxygen atoms in total. The van der Waals surface area contributed by atoms with Gasteiger partial charge in [-0.05, 0) is 33.9 Å². The van der Waals surface area contributed by atoms with E-state index in [0.717, 1.165) is 24.2 Å². The molecule has 1 heterocycles. The van der Waals surface area contributed by atoms with Gasteiger partial charge in [-0.1, -0.05) is 6.92 Å². The van der Waals surface area contributed by atoms with E-state index >= 15 is 0 Å². The van der Waals surface area contributed by atoms with E-state index in [1.54, 1.807) is 18.4 Å². The van der Waals surface area contributed by atoms with E-state index in [0.29, 0.717) is 6.54 Å². The highest BCUT2D eigenvalue weighted by atomic mass is 79.9. The van der Waals surface area contributed by atoms with E-state index in [-0.39, 0.29) is 6.04 Å². The molecule has 0 radical (unpaired) electrons.